The molecule has 0 spiro atoms. The molecule has 0 saturated heterocycles. The number of benzene rings is 1. The van der Waals surface area contributed by atoms with Crippen molar-refractivity contribution in [3.05, 3.63) is 41.7 Å². The van der Waals surface area contributed by atoms with Crippen LogP contribution in [0, 0.1) is 0 Å². The third kappa shape index (κ3) is 4.60. The fraction of sp³-hybridized carbons (Fsp3) is 0.400. The van der Waals surface area contributed by atoms with Gasteiger partial charge in [-0.3, -0.25) is 4.79 Å². The lowest BCUT2D eigenvalue weighted by Crippen LogP contribution is -2.09. The third-order valence-corrected chi connectivity index (χ3v) is 4.01. The number of aliphatic carboxylic acids is 1. The highest BCUT2D eigenvalue weighted by Crippen LogP contribution is 2.18. The molecule has 0 radical (unpaired) electrons. The average molecular weight is 305 g/mol. The van der Waals surface area contributed by atoms with E-state index in [2.05, 4.69) is 29.3 Å². The van der Waals surface area contributed by atoms with Crippen LogP contribution in [0.5, 0.6) is 0 Å². The van der Waals surface area contributed by atoms with Gasteiger partial charge in [-0.2, -0.15) is 0 Å². The van der Waals surface area contributed by atoms with E-state index in [4.69, 9.17) is 5.11 Å². The van der Waals surface area contributed by atoms with Gasteiger partial charge < -0.3 is 9.67 Å². The fourth-order valence-corrected chi connectivity index (χ4v) is 2.77. The Kier molecular flexibility index (Phi) is 5.80. The molecule has 1 N–H and O–H groups in total. The van der Waals surface area contributed by atoms with Crippen LogP contribution in [0.2, 0.25) is 0 Å². The Hall–Kier alpha value is -1.82. The maximum Gasteiger partial charge on any atom is 0.313 e. The molecular formula is C15H19N3O2S. The monoisotopic (exact) mass is 305 g/mol. The molecule has 0 bridgehead atoms. The highest BCUT2D eigenvalue weighted by molar-refractivity contribution is 7.99. The van der Waals surface area contributed by atoms with E-state index in [0.29, 0.717) is 5.16 Å². The summed E-state index contributed by atoms with van der Waals surface area (Å²) in [5.41, 5.74) is 1.25. The highest BCUT2D eigenvalue weighted by Gasteiger charge is 2.13. The molecule has 0 amide bonds. The molecule has 6 heteroatoms. The fourth-order valence-electron chi connectivity index (χ4n) is 2.07. The van der Waals surface area contributed by atoms with Crippen LogP contribution >= 0.6 is 11.8 Å². The SMILES string of the molecule is CCCc1nnc(SCC(=O)O)n1CCc1ccccc1. The second kappa shape index (κ2) is 7.83. The lowest BCUT2D eigenvalue weighted by Gasteiger charge is -2.09. The van der Waals surface area contributed by atoms with Crippen LogP contribution < -0.4 is 0 Å². The largest absolute Gasteiger partial charge is 0.481 e. The topological polar surface area (TPSA) is 68.0 Å². The molecule has 0 aliphatic carbocycles. The number of carboxylic acid groups (broad SMARTS) is 1. The molecule has 0 saturated carbocycles. The van der Waals surface area contributed by atoms with Gasteiger partial charge in [-0.1, -0.05) is 49.0 Å². The van der Waals surface area contributed by atoms with E-state index in [-0.39, 0.29) is 5.75 Å². The molecule has 1 heterocycles. The first kappa shape index (κ1) is 15.6. The summed E-state index contributed by atoms with van der Waals surface area (Å²) in [7, 11) is 0. The van der Waals surface area contributed by atoms with Gasteiger partial charge in [0.1, 0.15) is 5.82 Å². The zero-order valence-corrected chi connectivity index (χ0v) is 12.8. The summed E-state index contributed by atoms with van der Waals surface area (Å²) in [5, 5.41) is 17.8. The van der Waals surface area contributed by atoms with Gasteiger partial charge in [0.25, 0.3) is 0 Å². The third-order valence-electron chi connectivity index (χ3n) is 3.06. The number of rotatable bonds is 8. The van der Waals surface area contributed by atoms with E-state index < -0.39 is 5.97 Å². The molecular weight excluding hydrogens is 286 g/mol. The summed E-state index contributed by atoms with van der Waals surface area (Å²) in [6.07, 6.45) is 2.73. The molecule has 0 aliphatic rings. The van der Waals surface area contributed by atoms with E-state index in [0.717, 1.165) is 31.6 Å². The van der Waals surface area contributed by atoms with E-state index in [1.807, 2.05) is 22.8 Å². The second-order valence-corrected chi connectivity index (χ2v) is 5.66. The standard InChI is InChI=1S/C15H19N3O2S/c1-2-6-13-16-17-15(21-11-14(19)20)18(13)10-9-12-7-4-3-5-8-12/h3-5,7-8H,2,6,9-11H2,1H3,(H,19,20). The number of carboxylic acids is 1. The first-order chi connectivity index (χ1) is 10.2. The number of aryl methyl sites for hydroxylation is 2. The molecule has 0 unspecified atom stereocenters. The molecule has 21 heavy (non-hydrogen) atoms. The Labute approximate surface area is 128 Å². The molecule has 0 fully saturated rings. The normalized spacial score (nSPS) is 10.7. The van der Waals surface area contributed by atoms with E-state index in [1.165, 1.54) is 17.3 Å². The van der Waals surface area contributed by atoms with Crippen molar-refractivity contribution in [2.24, 2.45) is 0 Å². The van der Waals surface area contributed by atoms with Gasteiger partial charge in [-0.25, -0.2) is 0 Å². The molecule has 2 rings (SSSR count). The van der Waals surface area contributed by atoms with Crippen molar-refractivity contribution in [2.45, 2.75) is 37.9 Å². The summed E-state index contributed by atoms with van der Waals surface area (Å²) in [6, 6.07) is 10.2. The van der Waals surface area contributed by atoms with Crippen molar-refractivity contribution in [1.29, 1.82) is 0 Å². The van der Waals surface area contributed by atoms with Crippen LogP contribution in [0.3, 0.4) is 0 Å². The first-order valence-electron chi connectivity index (χ1n) is 7.01. The number of thioether (sulfide) groups is 1. The van der Waals surface area contributed by atoms with Gasteiger partial charge in [0.15, 0.2) is 5.16 Å². The van der Waals surface area contributed by atoms with Crippen LogP contribution in [0.1, 0.15) is 24.7 Å². The Morgan fingerprint density at radius 3 is 2.67 bits per heavy atom. The molecule has 5 nitrogen and oxygen atoms in total. The number of carbonyl (C=O) groups is 1. The van der Waals surface area contributed by atoms with Gasteiger partial charge in [0.2, 0.25) is 0 Å². The van der Waals surface area contributed by atoms with Crippen LogP contribution in [-0.4, -0.2) is 31.6 Å². The maximum absolute atomic E-state index is 10.7. The predicted molar refractivity (Wildman–Crippen MR) is 82.5 cm³/mol. The smallest absolute Gasteiger partial charge is 0.313 e. The Morgan fingerprint density at radius 2 is 2.00 bits per heavy atom. The minimum atomic E-state index is -0.838. The lowest BCUT2D eigenvalue weighted by atomic mass is 10.1. The number of hydrogen-bond donors (Lipinski definition) is 1. The van der Waals surface area contributed by atoms with E-state index in [9.17, 15) is 4.79 Å². The molecule has 0 aliphatic heterocycles. The Bertz CT molecular complexity index is 584. The van der Waals surface area contributed by atoms with Crippen molar-refractivity contribution < 1.29 is 9.90 Å². The van der Waals surface area contributed by atoms with Crippen molar-refractivity contribution >= 4 is 17.7 Å². The van der Waals surface area contributed by atoms with Crippen molar-refractivity contribution in [3.8, 4) is 0 Å². The zero-order chi connectivity index (χ0) is 15.1. The van der Waals surface area contributed by atoms with E-state index in [1.54, 1.807) is 0 Å². The number of hydrogen-bond acceptors (Lipinski definition) is 4. The van der Waals surface area contributed by atoms with Gasteiger partial charge in [-0.15, -0.1) is 10.2 Å². The molecule has 2 aromatic rings. The van der Waals surface area contributed by atoms with Crippen molar-refractivity contribution in [2.75, 3.05) is 5.75 Å². The van der Waals surface area contributed by atoms with Crippen molar-refractivity contribution in [3.63, 3.8) is 0 Å². The molecule has 0 atom stereocenters. The average Bonchev–Trinajstić information content (AvgIpc) is 2.86. The minimum Gasteiger partial charge on any atom is -0.481 e. The maximum atomic E-state index is 10.7. The molecule has 1 aromatic carbocycles. The predicted octanol–water partition coefficient (Wildman–Crippen LogP) is 2.65. The van der Waals surface area contributed by atoms with Crippen LogP contribution in [0.4, 0.5) is 0 Å². The quantitative estimate of drug-likeness (QED) is 0.759. The lowest BCUT2D eigenvalue weighted by molar-refractivity contribution is -0.133. The van der Waals surface area contributed by atoms with Gasteiger partial charge in [0.05, 0.1) is 5.75 Å². The van der Waals surface area contributed by atoms with Crippen LogP contribution in [0.15, 0.2) is 35.5 Å². The van der Waals surface area contributed by atoms with Crippen molar-refractivity contribution in [1.82, 2.24) is 14.8 Å². The Balaban J connectivity index is 2.10. The summed E-state index contributed by atoms with van der Waals surface area (Å²) >= 11 is 1.23. The Morgan fingerprint density at radius 1 is 1.24 bits per heavy atom. The summed E-state index contributed by atoms with van der Waals surface area (Å²) in [4.78, 5) is 10.7. The van der Waals surface area contributed by atoms with Crippen LogP contribution in [-0.2, 0) is 24.2 Å². The number of aromatic nitrogens is 3. The van der Waals surface area contributed by atoms with Crippen LogP contribution in [0.25, 0.3) is 0 Å². The van der Waals surface area contributed by atoms with Gasteiger partial charge >= 0.3 is 5.97 Å². The van der Waals surface area contributed by atoms with E-state index >= 15 is 0 Å². The molecule has 1 aromatic heterocycles. The number of nitrogens with zero attached hydrogens (tertiary/aromatic N) is 3. The van der Waals surface area contributed by atoms with Gasteiger partial charge in [0, 0.05) is 13.0 Å². The minimum absolute atomic E-state index is 0.00952. The zero-order valence-electron chi connectivity index (χ0n) is 12.0. The van der Waals surface area contributed by atoms with Gasteiger partial charge in [-0.05, 0) is 18.4 Å². The highest BCUT2D eigenvalue weighted by atomic mass is 32.2. The summed E-state index contributed by atoms with van der Waals surface area (Å²) < 4.78 is 2.05. The molecule has 112 valence electrons. The summed E-state index contributed by atoms with van der Waals surface area (Å²) in [6.45, 7) is 2.87. The first-order valence-corrected chi connectivity index (χ1v) is 8.00. The summed E-state index contributed by atoms with van der Waals surface area (Å²) in [5.74, 6) is 0.103. The second-order valence-electron chi connectivity index (χ2n) is 4.72.